The zero-order valence-corrected chi connectivity index (χ0v) is 14.7. The molecule has 0 spiro atoms. The molecule has 0 N–H and O–H groups in total. The Balaban J connectivity index is 1.74. The van der Waals surface area contributed by atoms with Gasteiger partial charge in [-0.1, -0.05) is 10.3 Å². The lowest BCUT2D eigenvalue weighted by Gasteiger charge is -2.23. The summed E-state index contributed by atoms with van der Waals surface area (Å²) in [7, 11) is 0. The van der Waals surface area contributed by atoms with Gasteiger partial charge in [-0.05, 0) is 69.0 Å². The second-order valence-electron chi connectivity index (χ2n) is 6.89. The van der Waals surface area contributed by atoms with Crippen LogP contribution in [0, 0.1) is 20.8 Å². The Morgan fingerprint density at radius 3 is 2.72 bits per heavy atom. The van der Waals surface area contributed by atoms with Crippen molar-refractivity contribution >= 4 is 11.0 Å². The molecule has 2 aromatic heterocycles. The fourth-order valence-corrected chi connectivity index (χ4v) is 3.70. The first kappa shape index (κ1) is 16.0. The number of rotatable bonds is 3. The summed E-state index contributed by atoms with van der Waals surface area (Å²) in [5.41, 5.74) is 5.39. The molecular formula is C19H21N3O3. The van der Waals surface area contributed by atoms with Crippen molar-refractivity contribution in [3.05, 3.63) is 56.7 Å². The van der Waals surface area contributed by atoms with Crippen LogP contribution in [0.15, 0.2) is 32.0 Å². The molecule has 1 aliphatic rings. The van der Waals surface area contributed by atoms with E-state index in [0.29, 0.717) is 12.1 Å². The highest BCUT2D eigenvalue weighted by molar-refractivity contribution is 5.81. The van der Waals surface area contributed by atoms with Crippen molar-refractivity contribution in [3.63, 3.8) is 0 Å². The average Bonchev–Trinajstić information content (AvgIpc) is 3.17. The maximum Gasteiger partial charge on any atom is 0.336 e. The molecule has 0 aliphatic carbocycles. The van der Waals surface area contributed by atoms with Gasteiger partial charge in [0.05, 0.1) is 6.04 Å². The summed E-state index contributed by atoms with van der Waals surface area (Å²) in [6.07, 6.45) is 2.11. The van der Waals surface area contributed by atoms with Crippen molar-refractivity contribution < 1.29 is 9.05 Å². The van der Waals surface area contributed by atoms with E-state index in [2.05, 4.69) is 28.2 Å². The lowest BCUT2D eigenvalue weighted by atomic mass is 10.0. The van der Waals surface area contributed by atoms with E-state index in [1.165, 1.54) is 5.56 Å². The predicted octanol–water partition coefficient (Wildman–Crippen LogP) is 3.44. The first-order valence-electron chi connectivity index (χ1n) is 8.60. The first-order chi connectivity index (χ1) is 12.0. The number of aromatic nitrogens is 2. The maximum absolute atomic E-state index is 12.0. The Bertz CT molecular complexity index is 989. The largest absolute Gasteiger partial charge is 0.423 e. The van der Waals surface area contributed by atoms with Gasteiger partial charge in [-0.3, -0.25) is 4.90 Å². The molecule has 130 valence electrons. The summed E-state index contributed by atoms with van der Waals surface area (Å²) in [6, 6.07) is 5.85. The van der Waals surface area contributed by atoms with E-state index in [1.807, 2.05) is 19.9 Å². The van der Waals surface area contributed by atoms with Gasteiger partial charge in [0.2, 0.25) is 0 Å². The van der Waals surface area contributed by atoms with E-state index in [4.69, 9.17) is 9.05 Å². The molecule has 4 rings (SSSR count). The molecule has 25 heavy (non-hydrogen) atoms. The van der Waals surface area contributed by atoms with Crippen molar-refractivity contribution in [1.29, 1.82) is 0 Å². The third-order valence-electron chi connectivity index (χ3n) is 5.18. The number of nitrogens with zero attached hydrogens (tertiary/aromatic N) is 3. The van der Waals surface area contributed by atoms with Crippen molar-refractivity contribution in [3.8, 4) is 0 Å². The van der Waals surface area contributed by atoms with Crippen LogP contribution in [-0.4, -0.2) is 21.8 Å². The van der Waals surface area contributed by atoms with Crippen LogP contribution in [0.3, 0.4) is 0 Å². The summed E-state index contributed by atoms with van der Waals surface area (Å²) >= 11 is 0. The summed E-state index contributed by atoms with van der Waals surface area (Å²) in [6.45, 7) is 7.66. The van der Waals surface area contributed by atoms with Crippen molar-refractivity contribution in [2.45, 2.75) is 46.2 Å². The minimum atomic E-state index is -0.305. The smallest absolute Gasteiger partial charge is 0.336 e. The molecule has 1 unspecified atom stereocenters. The van der Waals surface area contributed by atoms with E-state index >= 15 is 0 Å². The molecular weight excluding hydrogens is 318 g/mol. The molecule has 3 heterocycles. The average molecular weight is 339 g/mol. The Morgan fingerprint density at radius 1 is 1.16 bits per heavy atom. The fraction of sp³-hybridized carbons (Fsp3) is 0.421. The molecule has 1 aliphatic heterocycles. The monoisotopic (exact) mass is 339 g/mol. The van der Waals surface area contributed by atoms with E-state index in [0.717, 1.165) is 47.3 Å². The molecule has 1 saturated heterocycles. The Morgan fingerprint density at radius 2 is 1.96 bits per heavy atom. The van der Waals surface area contributed by atoms with Crippen molar-refractivity contribution in [2.24, 2.45) is 0 Å². The summed E-state index contributed by atoms with van der Waals surface area (Å²) in [4.78, 5) is 14.4. The number of hydrogen-bond acceptors (Lipinski definition) is 6. The van der Waals surface area contributed by atoms with Gasteiger partial charge >= 0.3 is 5.63 Å². The third kappa shape index (κ3) is 2.87. The van der Waals surface area contributed by atoms with Gasteiger partial charge in [0.15, 0.2) is 0 Å². The molecule has 3 aromatic rings. The van der Waals surface area contributed by atoms with Crippen LogP contribution in [0.2, 0.25) is 0 Å². The molecule has 1 fully saturated rings. The standard InChI is InChI=1S/C19H21N3O3/c1-11-7-15-14(9-18(23)24-17(15)8-12(11)2)10-22-6-4-5-16(22)19-13(3)20-25-21-19/h7-9,16H,4-6,10H2,1-3H3. The molecule has 6 nitrogen and oxygen atoms in total. The highest BCUT2D eigenvalue weighted by atomic mass is 16.6. The maximum atomic E-state index is 12.0. The van der Waals surface area contributed by atoms with Gasteiger partial charge in [-0.15, -0.1) is 0 Å². The molecule has 0 amide bonds. The Kier molecular flexibility index (Phi) is 3.92. The fourth-order valence-electron chi connectivity index (χ4n) is 3.70. The van der Waals surface area contributed by atoms with Gasteiger partial charge in [0.1, 0.15) is 17.0 Å². The van der Waals surface area contributed by atoms with Crippen LogP contribution in [0.1, 0.15) is 47.0 Å². The van der Waals surface area contributed by atoms with Crippen LogP contribution in [-0.2, 0) is 6.54 Å². The van der Waals surface area contributed by atoms with E-state index in [1.54, 1.807) is 6.07 Å². The summed E-state index contributed by atoms with van der Waals surface area (Å²) < 4.78 is 10.3. The highest BCUT2D eigenvalue weighted by Gasteiger charge is 2.30. The third-order valence-corrected chi connectivity index (χ3v) is 5.18. The van der Waals surface area contributed by atoms with E-state index < -0.39 is 0 Å². The molecule has 6 heteroatoms. The van der Waals surface area contributed by atoms with Gasteiger partial charge in [0.25, 0.3) is 0 Å². The lowest BCUT2D eigenvalue weighted by Crippen LogP contribution is -2.24. The van der Waals surface area contributed by atoms with Crippen LogP contribution in [0.25, 0.3) is 11.0 Å². The van der Waals surface area contributed by atoms with Gasteiger partial charge < -0.3 is 4.42 Å². The van der Waals surface area contributed by atoms with Crippen LogP contribution >= 0.6 is 0 Å². The van der Waals surface area contributed by atoms with Gasteiger partial charge in [0, 0.05) is 18.0 Å². The van der Waals surface area contributed by atoms with E-state index in [9.17, 15) is 4.79 Å². The molecule has 0 radical (unpaired) electrons. The second-order valence-corrected chi connectivity index (χ2v) is 6.89. The number of hydrogen-bond donors (Lipinski definition) is 0. The number of fused-ring (bicyclic) bond motifs is 1. The van der Waals surface area contributed by atoms with Crippen LogP contribution < -0.4 is 5.63 Å². The molecule has 1 atom stereocenters. The molecule has 1 aromatic carbocycles. The van der Waals surface area contributed by atoms with E-state index in [-0.39, 0.29) is 11.7 Å². The zero-order valence-electron chi connectivity index (χ0n) is 14.7. The Labute approximate surface area is 145 Å². The van der Waals surface area contributed by atoms with Crippen molar-refractivity contribution in [1.82, 2.24) is 15.2 Å². The normalized spacial score (nSPS) is 18.3. The highest BCUT2D eigenvalue weighted by Crippen LogP contribution is 2.34. The molecule has 0 saturated carbocycles. The summed E-state index contributed by atoms with van der Waals surface area (Å²) in [5, 5.41) is 9.00. The van der Waals surface area contributed by atoms with Crippen molar-refractivity contribution in [2.75, 3.05) is 6.54 Å². The number of likely N-dealkylation sites (tertiary alicyclic amines) is 1. The number of benzene rings is 1. The topological polar surface area (TPSA) is 72.4 Å². The Hall–Kier alpha value is -2.47. The summed E-state index contributed by atoms with van der Waals surface area (Å²) in [5.74, 6) is 0. The van der Waals surface area contributed by atoms with Crippen LogP contribution in [0.5, 0.6) is 0 Å². The first-order valence-corrected chi connectivity index (χ1v) is 8.60. The quantitative estimate of drug-likeness (QED) is 0.681. The molecule has 0 bridgehead atoms. The lowest BCUT2D eigenvalue weighted by molar-refractivity contribution is 0.231. The minimum Gasteiger partial charge on any atom is -0.423 e. The number of aryl methyl sites for hydroxylation is 3. The zero-order chi connectivity index (χ0) is 17.6. The SMILES string of the molecule is Cc1cc2oc(=O)cc(CN3CCCC3c3nonc3C)c2cc1C. The predicted molar refractivity (Wildman–Crippen MR) is 93.4 cm³/mol. The van der Waals surface area contributed by atoms with Gasteiger partial charge in [-0.2, -0.15) is 0 Å². The van der Waals surface area contributed by atoms with Crippen LogP contribution in [0.4, 0.5) is 0 Å². The minimum absolute atomic E-state index is 0.181. The second kappa shape index (κ2) is 6.11. The van der Waals surface area contributed by atoms with Gasteiger partial charge in [-0.25, -0.2) is 9.42 Å².